The Morgan fingerprint density at radius 1 is 0.395 bits per heavy atom. The molecule has 2 amide bonds. The van der Waals surface area contributed by atoms with Crippen LogP contribution < -0.4 is 10.6 Å². The van der Waals surface area contributed by atoms with Gasteiger partial charge in [-0.2, -0.15) is 58.9 Å². The van der Waals surface area contributed by atoms with Gasteiger partial charge in [-0.05, 0) is 0 Å². The Morgan fingerprint density at radius 3 is 1.06 bits per heavy atom. The molecule has 0 aromatic rings. The number of carbonyl (C=O) groups is 4. The predicted molar refractivity (Wildman–Crippen MR) is 231 cm³/mol. The van der Waals surface area contributed by atoms with Crippen LogP contribution in [0.25, 0.3) is 0 Å². The first-order chi connectivity index (χ1) is 36.5. The van der Waals surface area contributed by atoms with E-state index >= 15 is 0 Å². The summed E-state index contributed by atoms with van der Waals surface area (Å²) in [4.78, 5) is 50.5. The van der Waals surface area contributed by atoms with Crippen molar-refractivity contribution in [2.75, 3.05) is 13.2 Å². The average molecular weight is 1340 g/mol. The average Bonchev–Trinajstić information content (AvgIpc) is 3.30. The van der Waals surface area contributed by atoms with Crippen LogP contribution in [0.3, 0.4) is 0 Å². The molecule has 0 spiro atoms. The smallest absolute Gasteiger partial charge is 0.397 e. The minimum atomic E-state index is -6.16. The van der Waals surface area contributed by atoms with Crippen molar-refractivity contribution in [3.8, 4) is 0 Å². The Morgan fingerprint density at radius 2 is 0.704 bits per heavy atom. The number of amides is 2. The number of ether oxygens (including phenoxy) is 7. The number of aliphatic hydroxyl groups is 3. The van der Waals surface area contributed by atoms with Gasteiger partial charge in [-0.15, -0.1) is 0 Å². The summed E-state index contributed by atoms with van der Waals surface area (Å²) in [6.45, 7) is -2.36. The van der Waals surface area contributed by atoms with Crippen molar-refractivity contribution in [1.29, 1.82) is 0 Å². The van der Waals surface area contributed by atoms with Crippen LogP contribution in [0.2, 0.25) is 0 Å². The quantitative estimate of drug-likeness (QED) is 0.0358. The van der Waals surface area contributed by atoms with Gasteiger partial charge in [0.05, 0.1) is 13.2 Å². The number of rotatable bonds is 26. The van der Waals surface area contributed by atoms with E-state index in [9.17, 15) is 131 Å². The largest absolute Gasteiger partial charge is 0.479 e. The van der Waals surface area contributed by atoms with Crippen LogP contribution in [0, 0.1) is 0 Å². The normalized spacial score (nSPS) is 35.8. The van der Waals surface area contributed by atoms with Crippen LogP contribution >= 0.6 is 0 Å². The van der Waals surface area contributed by atoms with E-state index in [-0.39, 0.29) is 0 Å². The summed E-state index contributed by atoms with van der Waals surface area (Å²) >= 11 is 0. The van der Waals surface area contributed by atoms with Gasteiger partial charge in [0.2, 0.25) is 11.8 Å². The molecule has 0 unspecified atom stereocenters. The summed E-state index contributed by atoms with van der Waals surface area (Å²) < 4.78 is 301. The van der Waals surface area contributed by atoms with E-state index in [1.807, 2.05) is 10.6 Å². The molecule has 0 bridgehead atoms. The lowest BCUT2D eigenvalue weighted by molar-refractivity contribution is -0.363. The first kappa shape index (κ1) is 70.1. The number of carbonyl (C=O) groups excluding carboxylic acids is 2. The van der Waals surface area contributed by atoms with Crippen LogP contribution in [-0.2, 0) is 154 Å². The lowest BCUT2D eigenvalue weighted by Crippen LogP contribution is -2.71. The van der Waals surface area contributed by atoms with E-state index in [0.717, 1.165) is 0 Å². The molecule has 53 heteroatoms. The molecule has 4 fully saturated rings. The van der Waals surface area contributed by atoms with Crippen LogP contribution in [-0.4, -0.2) is 276 Å². The van der Waals surface area contributed by atoms with Crippen molar-refractivity contribution in [2.24, 2.45) is 0 Å². The van der Waals surface area contributed by atoms with Crippen LogP contribution in [0.1, 0.15) is 13.8 Å². The lowest BCUT2D eigenvalue weighted by atomic mass is 9.94. The van der Waals surface area contributed by atoms with Gasteiger partial charge in [0.25, 0.3) is 0 Å². The SMILES string of the molecule is CC(=O)N[C@@H]1[C@@H](O[C@@H]2O[C@H](C(=O)O)[C@@H](O[C@@H]3O[C@H](COS(=O)(=O)O)[C@H](OS(=O)(=O)O)[C@H](O[C@@H]4O[C@@H](C(=O)O)[C@@H](OS(=O)(=O)O)[C@H](O)[C@H]4OS(=O)(=O)O)[C@H]3NC(C)=O)[C@H](O)[C@H]2OS(=O)(=O)O)[C@@H](OS(=O)(=O)O)[C@@H](COS(=O)(=O)O)O[C@H]1O. The van der Waals surface area contributed by atoms with E-state index in [0.29, 0.717) is 13.8 Å². The maximum Gasteiger partial charge on any atom is 0.397 e. The summed E-state index contributed by atoms with van der Waals surface area (Å²) in [5.41, 5.74) is 0. The molecule has 4 aliphatic rings. The van der Waals surface area contributed by atoms with Crippen molar-refractivity contribution in [1.82, 2.24) is 10.6 Å². The second-order valence-corrected chi connectivity index (χ2v) is 23.7. The molecule has 4 heterocycles. The zero-order chi connectivity index (χ0) is 62.1. The summed E-state index contributed by atoms with van der Waals surface area (Å²) in [6.07, 6.45) is -54.1. The minimum absolute atomic E-state index is 0.527. The van der Waals surface area contributed by atoms with Gasteiger partial charge in [0.1, 0.15) is 73.1 Å². The van der Waals surface area contributed by atoms with Crippen LogP contribution in [0.4, 0.5) is 0 Å². The van der Waals surface area contributed by atoms with Crippen LogP contribution in [0.5, 0.6) is 0 Å². The predicted octanol–water partition coefficient (Wildman–Crippen LogP) is -10.5. The van der Waals surface area contributed by atoms with E-state index in [1.54, 1.807) is 0 Å². The molecule has 14 N–H and O–H groups in total. The number of aliphatic hydroxyl groups excluding tert-OH is 3. The molecule has 0 aliphatic carbocycles. The Balaban J connectivity index is 1.97. The monoisotopic (exact) mass is 1340 g/mol. The highest BCUT2D eigenvalue weighted by Crippen LogP contribution is 2.38. The first-order valence-electron chi connectivity index (χ1n) is 20.7. The number of nitrogens with one attached hydrogen (secondary N) is 2. The molecule has 46 nitrogen and oxygen atoms in total. The van der Waals surface area contributed by atoms with Crippen molar-refractivity contribution in [3.63, 3.8) is 0 Å². The third-order valence-corrected chi connectivity index (χ3v) is 13.6. The molecule has 0 aromatic carbocycles. The maximum absolute atomic E-state index is 13.0. The number of hydrogen-bond acceptors (Lipinski definition) is 35. The number of carboxylic acid groups (broad SMARTS) is 2. The molecule has 472 valence electrons. The Labute approximate surface area is 453 Å². The fourth-order valence-electron chi connectivity index (χ4n) is 7.75. The van der Waals surface area contributed by atoms with E-state index in [4.69, 9.17) is 37.7 Å². The van der Waals surface area contributed by atoms with Crippen molar-refractivity contribution >= 4 is 96.5 Å². The maximum atomic E-state index is 13.0. The van der Waals surface area contributed by atoms with Gasteiger partial charge in [0.15, 0.2) is 49.6 Å². The Bertz CT molecular complexity index is 3100. The molecule has 0 aromatic heterocycles. The molecule has 0 saturated carbocycles. The molecule has 81 heavy (non-hydrogen) atoms. The molecule has 4 rings (SSSR count). The standard InChI is InChI=1S/C28H44N2O44S7/c1-5(31)29-9-15(13(70-77(46,47)48)7(63-25(9)39)3-61-75(40,41)42)65-27-19(73-80(55,56)57)11(33)17(21(68-27)23(35)36)67-26-10(30-6(2)32)16(14(71-78(49,50)51)8(64-26)4-62-76(43,44)45)66-28-20(74-81(58,59)60)12(34)18(72-79(52,53)54)22(69-28)24(37)38/h7-22,25-28,33-34,39H,3-4H2,1-2H3,(H,29,31)(H,30,32)(H,35,36)(H,37,38)(H,40,41,42)(H,43,44,45)(H,46,47,48)(H,49,50,51)(H,52,53,54)(H,55,56,57)(H,58,59,60)/t7-,8-,9-,10-,11+,12+,13+,14+,15-,16-,17+,18+,19-,20-,21+,22-,25-,26+,27-,28-/m1/s1. The fraction of sp³-hybridized carbons (Fsp3) is 0.857. The Kier molecular flexibility index (Phi) is 22.9. The van der Waals surface area contributed by atoms with Gasteiger partial charge in [-0.1, -0.05) is 0 Å². The highest BCUT2D eigenvalue weighted by Gasteiger charge is 2.61. The molecular formula is C28H44N2O44S7. The molecule has 0 radical (unpaired) electrons. The second-order valence-electron chi connectivity index (χ2n) is 16.2. The number of carboxylic acids is 2. The number of hydrogen-bond donors (Lipinski definition) is 14. The summed E-state index contributed by atoms with van der Waals surface area (Å²) in [6, 6.07) is -5.17. The molecule has 20 atom stereocenters. The van der Waals surface area contributed by atoms with Gasteiger partial charge in [0, 0.05) is 13.8 Å². The van der Waals surface area contributed by atoms with Gasteiger partial charge >= 0.3 is 84.7 Å². The summed E-state index contributed by atoms with van der Waals surface area (Å²) in [7, 11) is -41.6. The van der Waals surface area contributed by atoms with Gasteiger partial charge < -0.3 is 69.3 Å². The summed E-state index contributed by atoms with van der Waals surface area (Å²) in [5, 5.41) is 57.8. The Hall–Kier alpha value is -3.43. The second kappa shape index (κ2) is 26.5. The summed E-state index contributed by atoms with van der Waals surface area (Å²) in [5.74, 6) is -7.63. The third-order valence-electron chi connectivity index (χ3n) is 10.4. The molecule has 4 aliphatic heterocycles. The van der Waals surface area contributed by atoms with Crippen LogP contribution in [0.15, 0.2) is 0 Å². The highest BCUT2D eigenvalue weighted by atomic mass is 32.3. The third kappa shape index (κ3) is 21.2. The fourth-order valence-corrected chi connectivity index (χ4v) is 10.9. The molecular weight excluding hydrogens is 1290 g/mol. The van der Waals surface area contributed by atoms with Crippen molar-refractivity contribution < 1.29 is 198 Å². The van der Waals surface area contributed by atoms with E-state index < -0.39 is 232 Å². The number of aliphatic carboxylic acids is 2. The molecule has 4 saturated heterocycles. The highest BCUT2D eigenvalue weighted by molar-refractivity contribution is 7.82. The first-order valence-corrected chi connectivity index (χ1v) is 30.2. The van der Waals surface area contributed by atoms with Gasteiger partial charge in [-0.3, -0.25) is 41.5 Å². The van der Waals surface area contributed by atoms with Crippen molar-refractivity contribution in [3.05, 3.63) is 0 Å². The lowest BCUT2D eigenvalue weighted by Gasteiger charge is -2.50. The van der Waals surface area contributed by atoms with E-state index in [1.165, 1.54) is 0 Å². The van der Waals surface area contributed by atoms with E-state index in [2.05, 4.69) is 29.3 Å². The van der Waals surface area contributed by atoms with Gasteiger partial charge in [-0.25, -0.2) is 38.9 Å². The topological polar surface area (TPSA) is 703 Å². The van der Waals surface area contributed by atoms with Crippen molar-refractivity contribution in [2.45, 2.75) is 137 Å². The zero-order valence-electron chi connectivity index (χ0n) is 39.2. The minimum Gasteiger partial charge on any atom is -0.479 e. The zero-order valence-corrected chi connectivity index (χ0v) is 45.0.